The summed E-state index contributed by atoms with van der Waals surface area (Å²) in [5.74, 6) is 2.40. The van der Waals surface area contributed by atoms with Crippen LogP contribution >= 0.6 is 0 Å². The predicted octanol–water partition coefficient (Wildman–Crippen LogP) is 4.00. The lowest BCUT2D eigenvalue weighted by molar-refractivity contribution is -0.127. The molecule has 10 heteroatoms. The van der Waals surface area contributed by atoms with Crippen molar-refractivity contribution in [3.8, 4) is 22.9 Å². The van der Waals surface area contributed by atoms with Crippen LogP contribution in [0.15, 0.2) is 79.8 Å². The normalized spacial score (nSPS) is 22.6. The molecule has 1 aromatic carbocycles. The molecule has 5 heterocycles. The maximum atomic E-state index is 12.2. The van der Waals surface area contributed by atoms with Gasteiger partial charge in [-0.1, -0.05) is 12.6 Å². The van der Waals surface area contributed by atoms with Crippen molar-refractivity contribution >= 4 is 22.9 Å². The quantitative estimate of drug-likeness (QED) is 0.303. The first-order valence-corrected chi connectivity index (χ1v) is 14.5. The first-order chi connectivity index (χ1) is 20.6. The van der Waals surface area contributed by atoms with Gasteiger partial charge in [0.15, 0.2) is 17.3 Å². The van der Waals surface area contributed by atoms with Crippen molar-refractivity contribution in [1.29, 1.82) is 0 Å². The van der Waals surface area contributed by atoms with Crippen LogP contribution in [0.3, 0.4) is 0 Å². The standard InChI is InChI=1S/C32H31N9O/c1-2-29(42)39-18-20-16-22(39)17-27(20)36-25-9-6-19-15-21(7-8-23(19)25)41-31(24-5-3-12-34-30(24)33)37-26-10-11-28(38-32(26)41)40-14-4-13-35-40/h2-5,7-8,10-15,20,22,25,27,36H,1,6,9,16-18H2,(H2,33,34)/t20-,22-,25-,27?/m0/s1. The van der Waals surface area contributed by atoms with Crippen LogP contribution < -0.4 is 11.1 Å². The Bertz CT molecular complexity index is 1840. The number of nitrogens with zero attached hydrogens (tertiary/aromatic N) is 7. The van der Waals surface area contributed by atoms with Gasteiger partial charge in [0.25, 0.3) is 0 Å². The van der Waals surface area contributed by atoms with Crippen LogP contribution in [-0.4, -0.2) is 58.7 Å². The number of nitrogen functional groups attached to an aromatic ring is 1. The van der Waals surface area contributed by atoms with Gasteiger partial charge in [-0.15, -0.1) is 0 Å². The van der Waals surface area contributed by atoms with Crippen molar-refractivity contribution in [2.24, 2.45) is 5.92 Å². The van der Waals surface area contributed by atoms with E-state index in [1.807, 2.05) is 41.4 Å². The fourth-order valence-corrected chi connectivity index (χ4v) is 7.23. The molecule has 3 N–H and O–H groups in total. The summed E-state index contributed by atoms with van der Waals surface area (Å²) in [6, 6.07) is 17.3. The summed E-state index contributed by atoms with van der Waals surface area (Å²) < 4.78 is 3.83. The van der Waals surface area contributed by atoms with Gasteiger partial charge in [-0.3, -0.25) is 9.36 Å². The number of aromatic nitrogens is 6. The van der Waals surface area contributed by atoms with E-state index < -0.39 is 0 Å². The number of pyridine rings is 2. The summed E-state index contributed by atoms with van der Waals surface area (Å²) in [6.07, 6.45) is 10.9. The van der Waals surface area contributed by atoms with E-state index in [-0.39, 0.29) is 5.91 Å². The first kappa shape index (κ1) is 24.9. The molecule has 1 unspecified atom stereocenters. The first-order valence-electron chi connectivity index (χ1n) is 14.5. The maximum absolute atomic E-state index is 12.2. The minimum Gasteiger partial charge on any atom is -0.383 e. The SMILES string of the molecule is C=CC(=O)N1C[C@@H]2C[C@H]1CC2N[C@H]1CCc2cc(-n3c(-c4cccnc4N)nc4ccc(-n5cccn5)nc43)ccc21. The maximum Gasteiger partial charge on any atom is 0.246 e. The third-order valence-electron chi connectivity index (χ3n) is 9.19. The average Bonchev–Trinajstić information content (AvgIpc) is 3.85. The number of carbonyl (C=O) groups is 1. The van der Waals surface area contributed by atoms with E-state index in [4.69, 9.17) is 15.7 Å². The summed E-state index contributed by atoms with van der Waals surface area (Å²) in [4.78, 5) is 28.5. The van der Waals surface area contributed by atoms with E-state index in [1.165, 1.54) is 17.2 Å². The Hall–Kier alpha value is -4.83. The number of rotatable bonds is 6. The Morgan fingerprint density at radius 2 is 2.02 bits per heavy atom. The van der Waals surface area contributed by atoms with Gasteiger partial charge in [0, 0.05) is 48.9 Å². The van der Waals surface area contributed by atoms with E-state index >= 15 is 0 Å². The number of imidazole rings is 1. The second-order valence-electron chi connectivity index (χ2n) is 11.5. The van der Waals surface area contributed by atoms with Gasteiger partial charge in [0.2, 0.25) is 5.91 Å². The zero-order valence-electron chi connectivity index (χ0n) is 23.1. The average molecular weight is 558 g/mol. The molecule has 42 heavy (non-hydrogen) atoms. The largest absolute Gasteiger partial charge is 0.383 e. The monoisotopic (exact) mass is 557 g/mol. The van der Waals surface area contributed by atoms with Crippen molar-refractivity contribution in [3.05, 3.63) is 90.9 Å². The highest BCUT2D eigenvalue weighted by molar-refractivity contribution is 5.87. The Morgan fingerprint density at radius 3 is 2.81 bits per heavy atom. The molecule has 2 bridgehead atoms. The van der Waals surface area contributed by atoms with Crippen LogP contribution in [0.25, 0.3) is 34.1 Å². The molecule has 3 aliphatic rings. The van der Waals surface area contributed by atoms with Crippen molar-refractivity contribution < 1.29 is 4.79 Å². The fraction of sp³-hybridized carbons (Fsp3) is 0.281. The third-order valence-corrected chi connectivity index (χ3v) is 9.19. The van der Waals surface area contributed by atoms with Crippen LogP contribution in [0.5, 0.6) is 0 Å². The fourth-order valence-electron chi connectivity index (χ4n) is 7.23. The molecule has 0 spiro atoms. The molecule has 210 valence electrons. The Kier molecular flexibility index (Phi) is 5.71. The van der Waals surface area contributed by atoms with Crippen LogP contribution in [0.1, 0.15) is 36.4 Å². The number of amides is 1. The van der Waals surface area contributed by atoms with Crippen molar-refractivity contribution in [2.45, 2.75) is 43.8 Å². The highest BCUT2D eigenvalue weighted by atomic mass is 16.2. The van der Waals surface area contributed by atoms with Gasteiger partial charge in [-0.2, -0.15) is 5.10 Å². The minimum atomic E-state index is 0.0605. The molecule has 4 atom stereocenters. The van der Waals surface area contributed by atoms with Crippen LogP contribution in [0.4, 0.5) is 5.82 Å². The number of benzene rings is 1. The lowest BCUT2D eigenvalue weighted by Gasteiger charge is -2.33. The molecule has 2 fully saturated rings. The lowest BCUT2D eigenvalue weighted by Crippen LogP contribution is -2.46. The van der Waals surface area contributed by atoms with Crippen LogP contribution in [0, 0.1) is 5.92 Å². The number of hydrogen-bond donors (Lipinski definition) is 2. The van der Waals surface area contributed by atoms with Crippen LogP contribution in [0.2, 0.25) is 0 Å². The van der Waals surface area contributed by atoms with Gasteiger partial charge in [-0.05, 0) is 91.3 Å². The molecule has 8 rings (SSSR count). The number of likely N-dealkylation sites (tertiary alicyclic amines) is 1. The third kappa shape index (κ3) is 3.93. The topological polar surface area (TPSA) is 120 Å². The summed E-state index contributed by atoms with van der Waals surface area (Å²) >= 11 is 0. The number of carbonyl (C=O) groups excluding carboxylic acids is 1. The summed E-state index contributed by atoms with van der Waals surface area (Å²) in [5.41, 5.74) is 12.3. The van der Waals surface area contributed by atoms with Gasteiger partial charge < -0.3 is 16.0 Å². The molecule has 1 saturated carbocycles. The second-order valence-corrected chi connectivity index (χ2v) is 11.5. The Labute approximate surface area is 242 Å². The molecule has 10 nitrogen and oxygen atoms in total. The number of nitrogens with two attached hydrogens (primary N) is 1. The van der Waals surface area contributed by atoms with Gasteiger partial charge in [0.05, 0.1) is 5.56 Å². The number of nitrogens with one attached hydrogen (secondary N) is 1. The van der Waals surface area contributed by atoms with Gasteiger partial charge >= 0.3 is 0 Å². The van der Waals surface area contributed by atoms with E-state index in [2.05, 4.69) is 44.7 Å². The van der Waals surface area contributed by atoms with E-state index in [1.54, 1.807) is 17.1 Å². The molecule has 1 aliphatic heterocycles. The minimum absolute atomic E-state index is 0.0605. The number of hydrogen-bond acceptors (Lipinski definition) is 7. The van der Waals surface area contributed by atoms with E-state index in [0.29, 0.717) is 41.5 Å². The van der Waals surface area contributed by atoms with Crippen molar-refractivity contribution in [3.63, 3.8) is 0 Å². The summed E-state index contributed by atoms with van der Waals surface area (Å²) in [5, 5.41) is 8.33. The van der Waals surface area contributed by atoms with E-state index in [9.17, 15) is 4.79 Å². The highest BCUT2D eigenvalue weighted by Crippen LogP contribution is 2.41. The smallest absolute Gasteiger partial charge is 0.246 e. The van der Waals surface area contributed by atoms with Gasteiger partial charge in [-0.25, -0.2) is 19.6 Å². The molecule has 2 aliphatic carbocycles. The molecule has 4 aromatic heterocycles. The lowest BCUT2D eigenvalue weighted by atomic mass is 9.99. The summed E-state index contributed by atoms with van der Waals surface area (Å²) in [6.45, 7) is 4.50. The Morgan fingerprint density at radius 1 is 1.10 bits per heavy atom. The molecule has 5 aromatic rings. The molecule has 0 radical (unpaired) electrons. The van der Waals surface area contributed by atoms with Crippen molar-refractivity contribution in [1.82, 2.24) is 39.5 Å². The molecular weight excluding hydrogens is 526 g/mol. The number of aryl methyl sites for hydroxylation is 1. The number of piperidine rings is 1. The zero-order chi connectivity index (χ0) is 28.4. The predicted molar refractivity (Wildman–Crippen MR) is 160 cm³/mol. The molecule has 1 saturated heterocycles. The number of anilines is 1. The van der Waals surface area contributed by atoms with Gasteiger partial charge in [0.1, 0.15) is 11.3 Å². The second kappa shape index (κ2) is 9.63. The van der Waals surface area contributed by atoms with Crippen molar-refractivity contribution in [2.75, 3.05) is 12.3 Å². The number of fused-ring (bicyclic) bond motifs is 4. The Balaban J connectivity index is 1.15. The highest BCUT2D eigenvalue weighted by Gasteiger charge is 2.46. The van der Waals surface area contributed by atoms with Crippen LogP contribution in [-0.2, 0) is 11.2 Å². The zero-order valence-corrected chi connectivity index (χ0v) is 23.1. The molecule has 1 amide bonds. The van der Waals surface area contributed by atoms with E-state index in [0.717, 1.165) is 54.6 Å². The molecular formula is C32H31N9O. The summed E-state index contributed by atoms with van der Waals surface area (Å²) in [7, 11) is 0.